The van der Waals surface area contributed by atoms with Crippen molar-refractivity contribution in [3.8, 4) is 5.75 Å². The quantitative estimate of drug-likeness (QED) is 0.518. The second-order valence-corrected chi connectivity index (χ2v) is 7.66. The Morgan fingerprint density at radius 2 is 2.19 bits per heavy atom. The zero-order valence-electron chi connectivity index (χ0n) is 13.9. The summed E-state index contributed by atoms with van der Waals surface area (Å²) in [5, 5.41) is 9.92. The molecule has 3 aromatic heterocycles. The average Bonchev–Trinajstić information content (AvgIpc) is 3.21. The van der Waals surface area contributed by atoms with Gasteiger partial charge in [-0.05, 0) is 30.3 Å². The van der Waals surface area contributed by atoms with Crippen molar-refractivity contribution < 1.29 is 9.84 Å². The van der Waals surface area contributed by atoms with Crippen LogP contribution in [0.15, 0.2) is 34.0 Å². The molecule has 4 aromatic rings. The number of nitrogen functional groups attached to an aromatic ring is 1. The molecule has 1 aromatic carbocycles. The summed E-state index contributed by atoms with van der Waals surface area (Å²) in [6.07, 6.45) is 2.02. The van der Waals surface area contributed by atoms with Crippen LogP contribution in [0, 0.1) is 0 Å². The van der Waals surface area contributed by atoms with Crippen LogP contribution in [0.5, 0.6) is 5.75 Å². The maximum absolute atomic E-state index is 9.20. The minimum atomic E-state index is 0.0860. The number of nitrogens with zero attached hydrogens (tertiary/aromatic N) is 5. The maximum Gasteiger partial charge on any atom is 0.177 e. The molecule has 3 N–H and O–H groups in total. The van der Waals surface area contributed by atoms with Crippen molar-refractivity contribution in [3.63, 3.8) is 0 Å². The normalized spacial score (nSPS) is 11.5. The minimum absolute atomic E-state index is 0.0860. The number of hydrogen-bond donors (Lipinski definition) is 2. The van der Waals surface area contributed by atoms with Gasteiger partial charge in [0, 0.05) is 13.2 Å². The standard InChI is InChI=1S/C16H16N6O2S2/c1-24-10-5-2-4-9-12(10)25-16(20-9)26-15-21-11-13(17)18-8-19-14(11)22(15)6-3-7-23/h2,4-5,8,23H,3,6-7H2,1H3,(H2,17,18,19). The van der Waals surface area contributed by atoms with Gasteiger partial charge in [-0.2, -0.15) is 0 Å². The van der Waals surface area contributed by atoms with E-state index in [2.05, 4.69) is 19.9 Å². The lowest BCUT2D eigenvalue weighted by atomic mass is 10.3. The van der Waals surface area contributed by atoms with Crippen LogP contribution in [0.3, 0.4) is 0 Å². The molecule has 0 unspecified atom stereocenters. The van der Waals surface area contributed by atoms with Crippen LogP contribution in [-0.4, -0.2) is 43.3 Å². The third-order valence-electron chi connectivity index (χ3n) is 3.82. The molecule has 0 aliphatic rings. The van der Waals surface area contributed by atoms with Crippen molar-refractivity contribution in [1.82, 2.24) is 24.5 Å². The van der Waals surface area contributed by atoms with Crippen molar-refractivity contribution in [3.05, 3.63) is 24.5 Å². The van der Waals surface area contributed by atoms with E-state index in [1.807, 2.05) is 22.8 Å². The highest BCUT2D eigenvalue weighted by Gasteiger charge is 2.18. The molecule has 0 amide bonds. The van der Waals surface area contributed by atoms with Crippen molar-refractivity contribution >= 4 is 50.3 Å². The summed E-state index contributed by atoms with van der Waals surface area (Å²) < 4.78 is 9.19. The Hall–Kier alpha value is -2.43. The first-order valence-electron chi connectivity index (χ1n) is 7.90. The first-order chi connectivity index (χ1) is 12.7. The molecule has 10 heteroatoms. The van der Waals surface area contributed by atoms with Gasteiger partial charge >= 0.3 is 0 Å². The molecule has 4 rings (SSSR count). The molecule has 0 saturated heterocycles. The molecule has 0 fully saturated rings. The summed E-state index contributed by atoms with van der Waals surface area (Å²) in [5.74, 6) is 1.14. The lowest BCUT2D eigenvalue weighted by molar-refractivity contribution is 0.278. The Balaban J connectivity index is 1.78. The van der Waals surface area contributed by atoms with E-state index in [-0.39, 0.29) is 6.61 Å². The fourth-order valence-electron chi connectivity index (χ4n) is 2.63. The number of ether oxygens (including phenoxy) is 1. The smallest absolute Gasteiger partial charge is 0.177 e. The Morgan fingerprint density at radius 3 is 3.00 bits per heavy atom. The van der Waals surface area contributed by atoms with Gasteiger partial charge in [-0.25, -0.2) is 19.9 Å². The monoisotopic (exact) mass is 388 g/mol. The number of aryl methyl sites for hydroxylation is 1. The summed E-state index contributed by atoms with van der Waals surface area (Å²) in [6, 6.07) is 5.79. The average molecular weight is 388 g/mol. The molecule has 3 heterocycles. The van der Waals surface area contributed by atoms with E-state index in [0.29, 0.717) is 29.9 Å². The molecule has 0 radical (unpaired) electrons. The summed E-state index contributed by atoms with van der Waals surface area (Å²) in [6.45, 7) is 0.669. The third-order valence-corrected chi connectivity index (χ3v) is 5.96. The number of hydrogen-bond acceptors (Lipinski definition) is 9. The fraction of sp³-hybridized carbons (Fsp3) is 0.250. The topological polar surface area (TPSA) is 112 Å². The molecule has 0 atom stereocenters. The van der Waals surface area contributed by atoms with Gasteiger partial charge in [0.15, 0.2) is 26.5 Å². The zero-order valence-corrected chi connectivity index (χ0v) is 15.5. The number of aliphatic hydroxyl groups is 1. The van der Waals surface area contributed by atoms with Crippen LogP contribution in [0.4, 0.5) is 5.82 Å². The molecule has 0 aliphatic heterocycles. The molecule has 8 nitrogen and oxygen atoms in total. The van der Waals surface area contributed by atoms with Crippen molar-refractivity contribution in [2.45, 2.75) is 22.5 Å². The van der Waals surface area contributed by atoms with E-state index < -0.39 is 0 Å². The summed E-state index contributed by atoms with van der Waals surface area (Å²) in [7, 11) is 1.65. The first-order valence-corrected chi connectivity index (χ1v) is 9.53. The van der Waals surface area contributed by atoms with Crippen molar-refractivity contribution in [1.29, 1.82) is 0 Å². The van der Waals surface area contributed by atoms with Crippen LogP contribution in [0.1, 0.15) is 6.42 Å². The van der Waals surface area contributed by atoms with E-state index in [4.69, 9.17) is 10.5 Å². The first kappa shape index (κ1) is 17.0. The van der Waals surface area contributed by atoms with Gasteiger partial charge < -0.3 is 20.1 Å². The number of anilines is 1. The number of methoxy groups -OCH3 is 1. The van der Waals surface area contributed by atoms with Gasteiger partial charge in [-0.3, -0.25) is 0 Å². The van der Waals surface area contributed by atoms with E-state index in [1.165, 1.54) is 18.1 Å². The van der Waals surface area contributed by atoms with Gasteiger partial charge in [0.2, 0.25) is 0 Å². The molecule has 0 saturated carbocycles. The van der Waals surface area contributed by atoms with E-state index in [9.17, 15) is 5.11 Å². The maximum atomic E-state index is 9.20. The molecule has 26 heavy (non-hydrogen) atoms. The van der Waals surface area contributed by atoms with Crippen molar-refractivity contribution in [2.75, 3.05) is 19.5 Å². The lowest BCUT2D eigenvalue weighted by Crippen LogP contribution is -2.03. The van der Waals surface area contributed by atoms with E-state index >= 15 is 0 Å². The van der Waals surface area contributed by atoms with Crippen molar-refractivity contribution in [2.24, 2.45) is 0 Å². The molecule has 0 spiro atoms. The number of aromatic nitrogens is 5. The molecular formula is C16H16N6O2S2. The summed E-state index contributed by atoms with van der Waals surface area (Å²) in [4.78, 5) is 17.6. The highest BCUT2D eigenvalue weighted by Crippen LogP contribution is 2.38. The molecule has 0 aliphatic carbocycles. The minimum Gasteiger partial charge on any atom is -0.495 e. The number of nitrogens with two attached hydrogens (primary N) is 1. The molecule has 134 valence electrons. The SMILES string of the molecule is COc1cccc2nc(Sc3nc4c(N)ncnc4n3CCCO)sc12. The van der Waals surface area contributed by atoms with Crippen LogP contribution in [-0.2, 0) is 6.54 Å². The Morgan fingerprint density at radius 1 is 1.31 bits per heavy atom. The van der Waals surface area contributed by atoms with Gasteiger partial charge in [0.1, 0.15) is 12.1 Å². The van der Waals surface area contributed by atoms with E-state index in [0.717, 1.165) is 25.5 Å². The second-order valence-electron chi connectivity index (χ2n) is 5.44. The third kappa shape index (κ3) is 2.96. The highest BCUT2D eigenvalue weighted by atomic mass is 32.2. The second kappa shape index (κ2) is 7.06. The predicted octanol–water partition coefficient (Wildman–Crippen LogP) is 2.56. The number of fused-ring (bicyclic) bond motifs is 2. The van der Waals surface area contributed by atoms with Gasteiger partial charge in [0.05, 0.1) is 17.3 Å². The number of rotatable bonds is 6. The number of imidazole rings is 1. The Kier molecular flexibility index (Phi) is 4.62. The van der Waals surface area contributed by atoms with Crippen LogP contribution in [0.25, 0.3) is 21.4 Å². The van der Waals surface area contributed by atoms with Gasteiger partial charge in [-0.15, -0.1) is 11.3 Å². The number of aliphatic hydroxyl groups excluding tert-OH is 1. The lowest BCUT2D eigenvalue weighted by Gasteiger charge is -2.05. The largest absolute Gasteiger partial charge is 0.495 e. The number of benzene rings is 1. The van der Waals surface area contributed by atoms with Gasteiger partial charge in [-0.1, -0.05) is 6.07 Å². The summed E-state index contributed by atoms with van der Waals surface area (Å²) in [5.41, 5.74) is 8.05. The zero-order chi connectivity index (χ0) is 18.1. The Bertz CT molecular complexity index is 1080. The fourth-order valence-corrected chi connectivity index (χ4v) is 4.78. The highest BCUT2D eigenvalue weighted by molar-refractivity contribution is 8.01. The van der Waals surface area contributed by atoms with Crippen LogP contribution >= 0.6 is 23.1 Å². The van der Waals surface area contributed by atoms with Gasteiger partial charge in [0.25, 0.3) is 0 Å². The van der Waals surface area contributed by atoms with Crippen LogP contribution in [0.2, 0.25) is 0 Å². The number of thiazole rings is 1. The Labute approximate surface area is 157 Å². The predicted molar refractivity (Wildman–Crippen MR) is 102 cm³/mol. The van der Waals surface area contributed by atoms with Crippen LogP contribution < -0.4 is 10.5 Å². The molecular weight excluding hydrogens is 372 g/mol. The molecule has 0 bridgehead atoms. The van der Waals surface area contributed by atoms with E-state index in [1.54, 1.807) is 18.4 Å². The summed E-state index contributed by atoms with van der Waals surface area (Å²) >= 11 is 2.99.